The van der Waals surface area contributed by atoms with Crippen LogP contribution in [0, 0.1) is 0 Å². The predicted octanol–water partition coefficient (Wildman–Crippen LogP) is 0.428. The van der Waals surface area contributed by atoms with Crippen LogP contribution in [0.4, 0.5) is 0 Å². The summed E-state index contributed by atoms with van der Waals surface area (Å²) < 4.78 is 26.7. The molecule has 1 saturated heterocycles. The van der Waals surface area contributed by atoms with E-state index in [9.17, 15) is 24.0 Å². The molecular weight excluding hydrogens is 438 g/mol. The van der Waals surface area contributed by atoms with Crippen LogP contribution in [0.1, 0.15) is 33.3 Å². The van der Waals surface area contributed by atoms with Crippen LogP contribution < -0.4 is 5.32 Å². The third kappa shape index (κ3) is 8.19. The summed E-state index contributed by atoms with van der Waals surface area (Å²) in [7, 11) is 0. The van der Waals surface area contributed by atoms with Gasteiger partial charge in [-0.05, 0) is 5.56 Å². The zero-order valence-corrected chi connectivity index (χ0v) is 18.8. The first-order chi connectivity index (χ1) is 15.6. The molecule has 5 atom stereocenters. The van der Waals surface area contributed by atoms with E-state index in [2.05, 4.69) is 5.32 Å². The van der Waals surface area contributed by atoms with Crippen molar-refractivity contribution in [3.05, 3.63) is 35.9 Å². The normalized spacial score (nSPS) is 24.2. The molecule has 1 heterocycles. The first-order valence-electron chi connectivity index (χ1n) is 10.2. The van der Waals surface area contributed by atoms with Gasteiger partial charge >= 0.3 is 23.9 Å². The van der Waals surface area contributed by atoms with E-state index in [0.717, 1.165) is 26.3 Å². The maximum atomic E-state index is 12.7. The quantitative estimate of drug-likeness (QED) is 0.424. The monoisotopic (exact) mass is 465 g/mol. The molecule has 2 rings (SSSR count). The van der Waals surface area contributed by atoms with Crippen LogP contribution in [-0.4, -0.2) is 67.0 Å². The van der Waals surface area contributed by atoms with E-state index in [-0.39, 0.29) is 13.0 Å². The van der Waals surface area contributed by atoms with Crippen molar-refractivity contribution in [3.63, 3.8) is 0 Å². The van der Waals surface area contributed by atoms with Gasteiger partial charge in [-0.1, -0.05) is 30.3 Å². The lowest BCUT2D eigenvalue weighted by Crippen LogP contribution is -2.66. The second kappa shape index (κ2) is 12.0. The van der Waals surface area contributed by atoms with Crippen molar-refractivity contribution in [3.8, 4) is 0 Å². The minimum absolute atomic E-state index is 0.00624. The number of ether oxygens (including phenoxy) is 5. The molecule has 0 radical (unpaired) electrons. The van der Waals surface area contributed by atoms with E-state index in [1.165, 1.54) is 6.92 Å². The fourth-order valence-electron chi connectivity index (χ4n) is 3.34. The molecule has 1 amide bonds. The maximum Gasteiger partial charge on any atom is 0.303 e. The average Bonchev–Trinajstić information content (AvgIpc) is 2.70. The Hall–Kier alpha value is -3.47. The Kier molecular flexibility index (Phi) is 9.34. The fraction of sp³-hybridized carbons (Fsp3) is 0.500. The van der Waals surface area contributed by atoms with E-state index < -0.39 is 60.4 Å². The summed E-state index contributed by atoms with van der Waals surface area (Å²) in [6, 6.07) is 8.87. The van der Waals surface area contributed by atoms with Gasteiger partial charge in [0.1, 0.15) is 12.7 Å². The summed E-state index contributed by atoms with van der Waals surface area (Å²) in [5.41, 5.74) is 0.723. The summed E-state index contributed by atoms with van der Waals surface area (Å²) in [6.07, 6.45) is -6.39. The molecule has 11 heteroatoms. The summed E-state index contributed by atoms with van der Waals surface area (Å²) in [4.78, 5) is 59.3. The lowest BCUT2D eigenvalue weighted by atomic mass is 9.97. The third-order valence-electron chi connectivity index (χ3n) is 4.50. The molecule has 0 aliphatic carbocycles. The lowest BCUT2D eigenvalue weighted by molar-refractivity contribution is -0.256. The Morgan fingerprint density at radius 1 is 0.788 bits per heavy atom. The summed E-state index contributed by atoms with van der Waals surface area (Å²) in [6.45, 7) is 4.17. The molecular formula is C22H27NO10. The SMILES string of the molecule is CC(=O)OC[C@H]1O[C@H](NC(=O)Cc2ccccc2)[C@H](OC(C)=O)[C@@H](OC(C)=O)[C@@H]1OC(C)=O. The number of hydrogen-bond donors (Lipinski definition) is 1. The molecule has 0 saturated carbocycles. The number of benzene rings is 1. The Morgan fingerprint density at radius 2 is 1.33 bits per heavy atom. The largest absolute Gasteiger partial charge is 0.463 e. The van der Waals surface area contributed by atoms with Crippen LogP contribution in [0.2, 0.25) is 0 Å². The van der Waals surface area contributed by atoms with Gasteiger partial charge in [0.15, 0.2) is 24.5 Å². The fourth-order valence-corrected chi connectivity index (χ4v) is 3.34. The molecule has 11 nitrogen and oxygen atoms in total. The molecule has 1 aromatic rings. The van der Waals surface area contributed by atoms with E-state index in [1.807, 2.05) is 0 Å². The predicted molar refractivity (Wildman–Crippen MR) is 110 cm³/mol. The van der Waals surface area contributed by atoms with Crippen LogP contribution >= 0.6 is 0 Å². The highest BCUT2D eigenvalue weighted by Gasteiger charge is 2.52. The van der Waals surface area contributed by atoms with Crippen molar-refractivity contribution in [1.29, 1.82) is 0 Å². The highest BCUT2D eigenvalue weighted by molar-refractivity contribution is 5.79. The molecule has 1 N–H and O–H groups in total. The zero-order valence-electron chi connectivity index (χ0n) is 18.8. The summed E-state index contributed by atoms with van der Waals surface area (Å²) >= 11 is 0. The van der Waals surface area contributed by atoms with Crippen molar-refractivity contribution in [2.24, 2.45) is 0 Å². The number of hydrogen-bond acceptors (Lipinski definition) is 10. The Balaban J connectivity index is 2.35. The number of amides is 1. The van der Waals surface area contributed by atoms with Gasteiger partial charge in [0.25, 0.3) is 0 Å². The first-order valence-corrected chi connectivity index (χ1v) is 10.2. The number of rotatable bonds is 8. The summed E-state index contributed by atoms with van der Waals surface area (Å²) in [5.74, 6) is -3.33. The number of nitrogens with one attached hydrogen (secondary N) is 1. The van der Waals surface area contributed by atoms with E-state index in [4.69, 9.17) is 23.7 Å². The van der Waals surface area contributed by atoms with Crippen molar-refractivity contribution in [1.82, 2.24) is 5.32 Å². The van der Waals surface area contributed by atoms with E-state index in [0.29, 0.717) is 0 Å². The van der Waals surface area contributed by atoms with Crippen LogP contribution in [0.3, 0.4) is 0 Å². The molecule has 0 spiro atoms. The average molecular weight is 465 g/mol. The highest BCUT2D eigenvalue weighted by atomic mass is 16.7. The second-order valence-corrected chi connectivity index (χ2v) is 7.35. The highest BCUT2D eigenvalue weighted by Crippen LogP contribution is 2.28. The van der Waals surface area contributed by atoms with E-state index >= 15 is 0 Å². The molecule has 0 aromatic heterocycles. The molecule has 1 fully saturated rings. The van der Waals surface area contributed by atoms with Crippen molar-refractivity contribution < 1.29 is 47.7 Å². The third-order valence-corrected chi connectivity index (χ3v) is 4.50. The minimum Gasteiger partial charge on any atom is -0.463 e. The van der Waals surface area contributed by atoms with Gasteiger partial charge in [-0.3, -0.25) is 24.0 Å². The van der Waals surface area contributed by atoms with E-state index in [1.54, 1.807) is 30.3 Å². The van der Waals surface area contributed by atoms with Gasteiger partial charge in [0.2, 0.25) is 5.91 Å². The molecule has 1 aliphatic heterocycles. The maximum absolute atomic E-state index is 12.7. The van der Waals surface area contributed by atoms with Crippen molar-refractivity contribution >= 4 is 29.8 Å². The van der Waals surface area contributed by atoms with Gasteiger partial charge in [0.05, 0.1) is 6.42 Å². The van der Waals surface area contributed by atoms with Crippen LogP contribution in [0.15, 0.2) is 30.3 Å². The van der Waals surface area contributed by atoms with Crippen LogP contribution in [0.5, 0.6) is 0 Å². The van der Waals surface area contributed by atoms with Gasteiger partial charge in [-0.2, -0.15) is 0 Å². The van der Waals surface area contributed by atoms with Gasteiger partial charge in [-0.15, -0.1) is 0 Å². The smallest absolute Gasteiger partial charge is 0.303 e. The zero-order chi connectivity index (χ0) is 24.5. The van der Waals surface area contributed by atoms with Crippen LogP contribution in [-0.2, 0) is 54.1 Å². The number of carbonyl (C=O) groups excluding carboxylic acids is 5. The minimum atomic E-state index is -1.34. The van der Waals surface area contributed by atoms with Crippen molar-refractivity contribution in [2.75, 3.05) is 6.61 Å². The number of esters is 4. The number of carbonyl (C=O) groups is 5. The van der Waals surface area contributed by atoms with Gasteiger partial charge in [-0.25, -0.2) is 0 Å². The molecule has 1 aliphatic rings. The Bertz CT molecular complexity index is 871. The second-order valence-electron chi connectivity index (χ2n) is 7.35. The Labute approximate surface area is 190 Å². The summed E-state index contributed by atoms with van der Waals surface area (Å²) in [5, 5.41) is 2.61. The molecule has 180 valence electrons. The molecule has 0 unspecified atom stereocenters. The lowest BCUT2D eigenvalue weighted by Gasteiger charge is -2.44. The molecule has 1 aromatic carbocycles. The van der Waals surface area contributed by atoms with Gasteiger partial charge in [0, 0.05) is 27.7 Å². The topological polar surface area (TPSA) is 144 Å². The first kappa shape index (κ1) is 25.8. The van der Waals surface area contributed by atoms with Crippen molar-refractivity contribution in [2.45, 2.75) is 64.8 Å². The van der Waals surface area contributed by atoms with Crippen LogP contribution in [0.25, 0.3) is 0 Å². The standard InChI is InChI=1S/C22H27NO10/c1-12(24)29-11-17-19(30-13(2)25)20(31-14(3)26)21(32-15(4)27)22(33-17)23-18(28)10-16-8-6-5-7-9-16/h5-9,17,19-22H,10-11H2,1-4H3,(H,23,28)/t17-,19-,20+,21-,22+/m1/s1. The molecule has 0 bridgehead atoms. The molecule has 33 heavy (non-hydrogen) atoms. The van der Waals surface area contributed by atoms with Gasteiger partial charge < -0.3 is 29.0 Å². The Morgan fingerprint density at radius 3 is 1.88 bits per heavy atom.